The van der Waals surface area contributed by atoms with Crippen LogP contribution in [0.4, 0.5) is 5.82 Å². The number of nitrogens with zero attached hydrogens (tertiary/aromatic N) is 2. The molecule has 0 fully saturated rings. The molecule has 2 aromatic carbocycles. The van der Waals surface area contributed by atoms with Crippen LogP contribution < -0.4 is 10.1 Å². The molecule has 0 saturated heterocycles. The van der Waals surface area contributed by atoms with Gasteiger partial charge in [0.2, 0.25) is 0 Å². The van der Waals surface area contributed by atoms with E-state index >= 15 is 0 Å². The van der Waals surface area contributed by atoms with Crippen molar-refractivity contribution >= 4 is 11.7 Å². The number of hydrogen-bond donors (Lipinski definition) is 1. The molecule has 152 valence electrons. The van der Waals surface area contributed by atoms with Gasteiger partial charge in [-0.1, -0.05) is 44.2 Å². The molecule has 29 heavy (non-hydrogen) atoms. The lowest BCUT2D eigenvalue weighted by Crippen LogP contribution is -2.15. The van der Waals surface area contributed by atoms with Crippen molar-refractivity contribution in [2.24, 2.45) is 7.05 Å². The van der Waals surface area contributed by atoms with Crippen LogP contribution in [0.3, 0.4) is 0 Å². The number of benzene rings is 2. The van der Waals surface area contributed by atoms with E-state index in [0.29, 0.717) is 36.1 Å². The summed E-state index contributed by atoms with van der Waals surface area (Å²) in [6.45, 7) is 4.81. The number of carbonyl (C=O) groups excluding carboxylic acids is 1. The molecule has 3 rings (SSSR count). The zero-order valence-corrected chi connectivity index (χ0v) is 17.3. The summed E-state index contributed by atoms with van der Waals surface area (Å²) < 4.78 is 12.9. The molecule has 1 amide bonds. The van der Waals surface area contributed by atoms with Crippen molar-refractivity contribution in [1.29, 1.82) is 0 Å². The summed E-state index contributed by atoms with van der Waals surface area (Å²) in [5, 5.41) is 7.33. The number of ether oxygens (including phenoxy) is 2. The Balaban J connectivity index is 1.82. The normalized spacial score (nSPS) is 10.9. The van der Waals surface area contributed by atoms with E-state index < -0.39 is 0 Å². The van der Waals surface area contributed by atoms with Gasteiger partial charge in [0.1, 0.15) is 17.3 Å². The first kappa shape index (κ1) is 20.6. The molecule has 1 aromatic heterocycles. The summed E-state index contributed by atoms with van der Waals surface area (Å²) >= 11 is 0. The van der Waals surface area contributed by atoms with E-state index in [-0.39, 0.29) is 5.91 Å². The van der Waals surface area contributed by atoms with E-state index in [1.807, 2.05) is 42.5 Å². The highest BCUT2D eigenvalue weighted by atomic mass is 16.5. The lowest BCUT2D eigenvalue weighted by molar-refractivity contribution is 0.102. The number of aromatic nitrogens is 2. The second kappa shape index (κ2) is 9.39. The molecule has 6 heteroatoms. The third-order valence-corrected chi connectivity index (χ3v) is 4.63. The number of methoxy groups -OCH3 is 1. The fourth-order valence-electron chi connectivity index (χ4n) is 3.07. The molecule has 0 spiro atoms. The van der Waals surface area contributed by atoms with E-state index in [2.05, 4.69) is 24.3 Å². The van der Waals surface area contributed by atoms with Crippen LogP contribution in [0.15, 0.2) is 54.6 Å². The van der Waals surface area contributed by atoms with Crippen molar-refractivity contribution < 1.29 is 14.3 Å². The van der Waals surface area contributed by atoms with E-state index in [4.69, 9.17) is 9.47 Å². The predicted molar refractivity (Wildman–Crippen MR) is 114 cm³/mol. The minimum absolute atomic E-state index is 0.246. The Morgan fingerprint density at radius 3 is 2.52 bits per heavy atom. The number of amides is 1. The Bertz CT molecular complexity index is 979. The standard InChI is InChI=1S/C23H27N3O3/c1-16(2)18-9-5-7-11-20(18)29-21-12-8-6-10-19(21)23(27)24-22-15-17(13-14-28-4)25-26(22)3/h5-12,15-16H,13-14H2,1-4H3,(H,24,27). The molecular weight excluding hydrogens is 366 g/mol. The Morgan fingerprint density at radius 2 is 1.79 bits per heavy atom. The van der Waals surface area contributed by atoms with Crippen LogP contribution >= 0.6 is 0 Å². The highest BCUT2D eigenvalue weighted by molar-refractivity contribution is 6.05. The first-order valence-electron chi connectivity index (χ1n) is 9.68. The highest BCUT2D eigenvalue weighted by Gasteiger charge is 2.17. The van der Waals surface area contributed by atoms with Crippen LogP contribution in [-0.2, 0) is 18.2 Å². The SMILES string of the molecule is COCCc1cc(NC(=O)c2ccccc2Oc2ccccc2C(C)C)n(C)n1. The van der Waals surface area contributed by atoms with Gasteiger partial charge in [-0.2, -0.15) is 5.10 Å². The molecule has 1 heterocycles. The number of rotatable bonds is 8. The van der Waals surface area contributed by atoms with Crippen LogP contribution in [0.5, 0.6) is 11.5 Å². The van der Waals surface area contributed by atoms with Crippen molar-refractivity contribution in [1.82, 2.24) is 9.78 Å². The average molecular weight is 393 g/mol. The second-order valence-corrected chi connectivity index (χ2v) is 7.13. The number of aryl methyl sites for hydroxylation is 1. The fourth-order valence-corrected chi connectivity index (χ4v) is 3.07. The van der Waals surface area contributed by atoms with Crippen molar-refractivity contribution in [3.05, 3.63) is 71.4 Å². The molecule has 0 radical (unpaired) electrons. The average Bonchev–Trinajstić information content (AvgIpc) is 3.06. The molecule has 3 aromatic rings. The molecule has 0 bridgehead atoms. The largest absolute Gasteiger partial charge is 0.456 e. The van der Waals surface area contributed by atoms with Gasteiger partial charge in [-0.3, -0.25) is 9.48 Å². The van der Waals surface area contributed by atoms with Crippen molar-refractivity contribution in [2.45, 2.75) is 26.2 Å². The zero-order valence-electron chi connectivity index (χ0n) is 17.3. The zero-order chi connectivity index (χ0) is 20.8. The Kier molecular flexibility index (Phi) is 6.67. The summed E-state index contributed by atoms with van der Waals surface area (Å²) in [5.41, 5.74) is 2.42. The third-order valence-electron chi connectivity index (χ3n) is 4.63. The summed E-state index contributed by atoms with van der Waals surface area (Å²) in [7, 11) is 3.45. The van der Waals surface area contributed by atoms with Gasteiger partial charge in [0.25, 0.3) is 5.91 Å². The van der Waals surface area contributed by atoms with Crippen LogP contribution in [0, 0.1) is 0 Å². The van der Waals surface area contributed by atoms with E-state index in [9.17, 15) is 4.79 Å². The maximum atomic E-state index is 13.0. The van der Waals surface area contributed by atoms with E-state index in [0.717, 1.165) is 17.0 Å². The van der Waals surface area contributed by atoms with Gasteiger partial charge < -0.3 is 14.8 Å². The van der Waals surface area contributed by atoms with E-state index in [1.54, 1.807) is 31.0 Å². The fraction of sp³-hybridized carbons (Fsp3) is 0.304. The number of anilines is 1. The van der Waals surface area contributed by atoms with Crippen LogP contribution in [0.25, 0.3) is 0 Å². The lowest BCUT2D eigenvalue weighted by atomic mass is 10.0. The smallest absolute Gasteiger partial charge is 0.260 e. The van der Waals surface area contributed by atoms with Crippen molar-refractivity contribution in [3.63, 3.8) is 0 Å². The quantitative estimate of drug-likeness (QED) is 0.598. The Hall–Kier alpha value is -3.12. The lowest BCUT2D eigenvalue weighted by Gasteiger charge is -2.15. The molecule has 0 aliphatic rings. The van der Waals surface area contributed by atoms with E-state index in [1.165, 1.54) is 0 Å². The van der Waals surface area contributed by atoms with Crippen molar-refractivity contribution in [2.75, 3.05) is 19.0 Å². The maximum Gasteiger partial charge on any atom is 0.260 e. The predicted octanol–water partition coefficient (Wildman–Crippen LogP) is 4.78. The van der Waals surface area contributed by atoms with Crippen LogP contribution in [0.2, 0.25) is 0 Å². The third kappa shape index (κ3) is 5.03. The van der Waals surface area contributed by atoms with Gasteiger partial charge in [-0.15, -0.1) is 0 Å². The number of hydrogen-bond acceptors (Lipinski definition) is 4. The topological polar surface area (TPSA) is 65.4 Å². The van der Waals surface area contributed by atoms with Crippen LogP contribution in [-0.4, -0.2) is 29.4 Å². The number of nitrogens with one attached hydrogen (secondary N) is 1. The Morgan fingerprint density at radius 1 is 1.10 bits per heavy atom. The van der Waals surface area contributed by atoms with Gasteiger partial charge in [0.15, 0.2) is 0 Å². The molecule has 0 aliphatic heterocycles. The first-order chi connectivity index (χ1) is 14.0. The minimum atomic E-state index is -0.246. The van der Waals surface area contributed by atoms with Crippen LogP contribution in [0.1, 0.15) is 41.4 Å². The molecule has 0 saturated carbocycles. The van der Waals surface area contributed by atoms with Gasteiger partial charge in [-0.05, 0) is 29.7 Å². The van der Waals surface area contributed by atoms with Gasteiger partial charge in [-0.25, -0.2) is 0 Å². The van der Waals surface area contributed by atoms with Gasteiger partial charge in [0.05, 0.1) is 17.9 Å². The maximum absolute atomic E-state index is 13.0. The minimum Gasteiger partial charge on any atom is -0.456 e. The van der Waals surface area contributed by atoms with Crippen molar-refractivity contribution in [3.8, 4) is 11.5 Å². The van der Waals surface area contributed by atoms with Gasteiger partial charge >= 0.3 is 0 Å². The number of carbonyl (C=O) groups is 1. The summed E-state index contributed by atoms with van der Waals surface area (Å²) in [6.07, 6.45) is 0.686. The Labute approximate surface area is 171 Å². The molecule has 1 N–H and O–H groups in total. The summed E-state index contributed by atoms with van der Waals surface area (Å²) in [5.74, 6) is 1.96. The molecule has 0 aliphatic carbocycles. The highest BCUT2D eigenvalue weighted by Crippen LogP contribution is 2.32. The molecular formula is C23H27N3O3. The monoisotopic (exact) mass is 393 g/mol. The molecule has 0 unspecified atom stereocenters. The summed E-state index contributed by atoms with van der Waals surface area (Å²) in [4.78, 5) is 13.0. The first-order valence-corrected chi connectivity index (χ1v) is 9.68. The molecule has 6 nitrogen and oxygen atoms in total. The molecule has 0 atom stereocenters. The number of para-hydroxylation sites is 2. The van der Waals surface area contributed by atoms with Gasteiger partial charge in [0, 0.05) is 26.6 Å². The summed E-state index contributed by atoms with van der Waals surface area (Å²) in [6, 6.07) is 17.0. The second-order valence-electron chi connectivity index (χ2n) is 7.13.